The van der Waals surface area contributed by atoms with Crippen LogP contribution >= 0.6 is 11.3 Å². The third kappa shape index (κ3) is 5.06. The zero-order valence-electron chi connectivity index (χ0n) is 17.3. The molecule has 0 fully saturated rings. The average Bonchev–Trinajstić information content (AvgIpc) is 3.31. The van der Waals surface area contributed by atoms with Crippen LogP contribution in [0.2, 0.25) is 0 Å². The highest BCUT2D eigenvalue weighted by Crippen LogP contribution is 2.36. The molecule has 160 valence electrons. The van der Waals surface area contributed by atoms with Gasteiger partial charge in [0.05, 0.1) is 11.4 Å². The maximum absolute atomic E-state index is 12.6. The van der Waals surface area contributed by atoms with Gasteiger partial charge in [0.1, 0.15) is 13.2 Å². The van der Waals surface area contributed by atoms with Gasteiger partial charge in [-0.05, 0) is 48.4 Å². The molecule has 0 spiro atoms. The molecule has 1 aliphatic rings. The van der Waals surface area contributed by atoms with Crippen LogP contribution in [-0.2, 0) is 11.3 Å². The molecule has 31 heavy (non-hydrogen) atoms. The number of nitrogens with zero attached hydrogens (tertiary/aromatic N) is 1. The van der Waals surface area contributed by atoms with Crippen LogP contribution in [0.1, 0.15) is 22.2 Å². The molecular formula is C24H24N2O4S. The van der Waals surface area contributed by atoms with E-state index in [0.29, 0.717) is 36.9 Å². The Morgan fingerprint density at radius 1 is 1.00 bits per heavy atom. The van der Waals surface area contributed by atoms with E-state index in [-0.39, 0.29) is 18.4 Å². The number of amides is 2. The molecule has 7 heteroatoms. The highest BCUT2D eigenvalue weighted by atomic mass is 32.1. The molecule has 2 heterocycles. The highest BCUT2D eigenvalue weighted by Gasteiger charge is 2.17. The van der Waals surface area contributed by atoms with Gasteiger partial charge in [0.2, 0.25) is 5.91 Å². The lowest BCUT2D eigenvalue weighted by Gasteiger charge is -2.21. The number of hydrogen-bond acceptors (Lipinski definition) is 5. The van der Waals surface area contributed by atoms with Gasteiger partial charge in [-0.25, -0.2) is 0 Å². The molecule has 0 radical (unpaired) electrons. The molecule has 3 aromatic rings. The van der Waals surface area contributed by atoms with Gasteiger partial charge < -0.3 is 19.7 Å². The van der Waals surface area contributed by atoms with Crippen LogP contribution in [0.4, 0.5) is 0 Å². The number of hydrogen-bond donors (Lipinski definition) is 1. The van der Waals surface area contributed by atoms with Crippen molar-refractivity contribution in [1.82, 2.24) is 10.2 Å². The number of rotatable bonds is 7. The third-order valence-electron chi connectivity index (χ3n) is 5.01. The molecule has 2 aromatic carbocycles. The number of thiophene rings is 1. The number of benzene rings is 2. The minimum atomic E-state index is -0.252. The summed E-state index contributed by atoms with van der Waals surface area (Å²) in [4.78, 5) is 28.4. The monoisotopic (exact) mass is 436 g/mol. The van der Waals surface area contributed by atoms with Gasteiger partial charge in [-0.15, -0.1) is 11.3 Å². The van der Waals surface area contributed by atoms with Crippen LogP contribution in [0.5, 0.6) is 11.5 Å². The Hall–Kier alpha value is -3.32. The van der Waals surface area contributed by atoms with Crippen molar-refractivity contribution in [3.63, 3.8) is 0 Å². The molecule has 0 unspecified atom stereocenters. The lowest BCUT2D eigenvalue weighted by atomic mass is 10.1. The Balaban J connectivity index is 1.36. The van der Waals surface area contributed by atoms with E-state index in [4.69, 9.17) is 9.47 Å². The standard InChI is InChI=1S/C24H24N2O4S/c1-2-26(16-17-6-4-3-5-7-17)23(27)15-25-24(28)22-11-10-21(31-22)18-8-9-19-20(14-18)30-13-12-29-19/h3-11,14H,2,12-13,15-16H2,1H3,(H,25,28). The largest absolute Gasteiger partial charge is 0.486 e. The highest BCUT2D eigenvalue weighted by molar-refractivity contribution is 7.17. The summed E-state index contributed by atoms with van der Waals surface area (Å²) >= 11 is 1.38. The van der Waals surface area contributed by atoms with Crippen LogP contribution in [0.3, 0.4) is 0 Å². The van der Waals surface area contributed by atoms with E-state index in [1.54, 1.807) is 11.0 Å². The van der Waals surface area contributed by atoms with Gasteiger partial charge >= 0.3 is 0 Å². The number of likely N-dealkylation sites (N-methyl/N-ethyl adjacent to an activating group) is 1. The van der Waals surface area contributed by atoms with Crippen molar-refractivity contribution in [2.45, 2.75) is 13.5 Å². The molecule has 0 saturated carbocycles. The van der Waals surface area contributed by atoms with Gasteiger partial charge in [0, 0.05) is 18.0 Å². The zero-order valence-corrected chi connectivity index (χ0v) is 18.1. The summed E-state index contributed by atoms with van der Waals surface area (Å²) < 4.78 is 11.2. The summed E-state index contributed by atoms with van der Waals surface area (Å²) in [7, 11) is 0. The minimum Gasteiger partial charge on any atom is -0.486 e. The quantitative estimate of drug-likeness (QED) is 0.609. The first-order chi connectivity index (χ1) is 15.1. The van der Waals surface area contributed by atoms with Crippen molar-refractivity contribution in [1.29, 1.82) is 0 Å². The van der Waals surface area contributed by atoms with Crippen molar-refractivity contribution >= 4 is 23.2 Å². The predicted octanol–water partition coefficient (Wildman–Crippen LogP) is 3.96. The van der Waals surface area contributed by atoms with E-state index >= 15 is 0 Å². The molecule has 1 aromatic heterocycles. The predicted molar refractivity (Wildman–Crippen MR) is 121 cm³/mol. The molecule has 4 rings (SSSR count). The minimum absolute atomic E-state index is 0.0310. The number of nitrogens with one attached hydrogen (secondary N) is 1. The average molecular weight is 437 g/mol. The fraction of sp³-hybridized carbons (Fsp3) is 0.250. The van der Waals surface area contributed by atoms with Gasteiger partial charge in [0.15, 0.2) is 11.5 Å². The SMILES string of the molecule is CCN(Cc1ccccc1)C(=O)CNC(=O)c1ccc(-c2ccc3c(c2)OCCO3)s1. The fourth-order valence-electron chi connectivity index (χ4n) is 3.35. The van der Waals surface area contributed by atoms with Crippen molar-refractivity contribution in [3.8, 4) is 21.9 Å². The second-order valence-corrected chi connectivity index (χ2v) is 8.18. The summed E-state index contributed by atoms with van der Waals surface area (Å²) in [6, 6.07) is 19.3. The molecule has 0 aliphatic carbocycles. The van der Waals surface area contributed by atoms with E-state index in [1.807, 2.05) is 61.5 Å². The van der Waals surface area contributed by atoms with Gasteiger partial charge in [-0.1, -0.05) is 30.3 Å². The molecule has 6 nitrogen and oxygen atoms in total. The molecule has 1 N–H and O–H groups in total. The van der Waals surface area contributed by atoms with Crippen LogP contribution in [0.15, 0.2) is 60.7 Å². The normalized spacial score (nSPS) is 12.3. The van der Waals surface area contributed by atoms with E-state index in [0.717, 1.165) is 21.8 Å². The topological polar surface area (TPSA) is 67.9 Å². The molecule has 0 atom stereocenters. The summed E-state index contributed by atoms with van der Waals surface area (Å²) in [6.45, 7) is 4.09. The summed E-state index contributed by atoms with van der Waals surface area (Å²) in [6.07, 6.45) is 0. The van der Waals surface area contributed by atoms with Crippen LogP contribution in [0.25, 0.3) is 10.4 Å². The number of fused-ring (bicyclic) bond motifs is 1. The van der Waals surface area contributed by atoms with Crippen LogP contribution < -0.4 is 14.8 Å². The Bertz CT molecular complexity index is 1060. The number of ether oxygens (including phenoxy) is 2. The lowest BCUT2D eigenvalue weighted by molar-refractivity contribution is -0.130. The van der Waals surface area contributed by atoms with Crippen molar-refractivity contribution < 1.29 is 19.1 Å². The van der Waals surface area contributed by atoms with Crippen molar-refractivity contribution in [2.24, 2.45) is 0 Å². The maximum Gasteiger partial charge on any atom is 0.261 e. The second kappa shape index (κ2) is 9.66. The summed E-state index contributed by atoms with van der Waals surface area (Å²) in [5.41, 5.74) is 2.02. The zero-order chi connectivity index (χ0) is 21.6. The number of carbonyl (C=O) groups excluding carboxylic acids is 2. The first-order valence-corrected chi connectivity index (χ1v) is 11.1. The summed E-state index contributed by atoms with van der Waals surface area (Å²) in [5.74, 6) is 1.09. The third-order valence-corrected chi connectivity index (χ3v) is 6.14. The molecule has 1 aliphatic heterocycles. The fourth-order valence-corrected chi connectivity index (χ4v) is 4.27. The lowest BCUT2D eigenvalue weighted by Crippen LogP contribution is -2.39. The maximum atomic E-state index is 12.6. The van der Waals surface area contributed by atoms with Crippen molar-refractivity contribution in [2.75, 3.05) is 26.3 Å². The first kappa shape index (κ1) is 20.9. The Kier molecular flexibility index (Phi) is 6.52. The first-order valence-electron chi connectivity index (χ1n) is 10.2. The Morgan fingerprint density at radius 3 is 2.55 bits per heavy atom. The van der Waals surface area contributed by atoms with Crippen molar-refractivity contribution in [3.05, 3.63) is 71.1 Å². The summed E-state index contributed by atoms with van der Waals surface area (Å²) in [5, 5.41) is 2.75. The van der Waals surface area contributed by atoms with Gasteiger partial charge in [-0.2, -0.15) is 0 Å². The molecular weight excluding hydrogens is 412 g/mol. The molecule has 0 saturated heterocycles. The molecule has 0 bridgehead atoms. The van der Waals surface area contributed by atoms with Crippen LogP contribution in [0, 0.1) is 0 Å². The van der Waals surface area contributed by atoms with Crippen LogP contribution in [-0.4, -0.2) is 43.0 Å². The van der Waals surface area contributed by atoms with E-state index in [1.165, 1.54) is 11.3 Å². The Morgan fingerprint density at radius 2 is 1.77 bits per heavy atom. The van der Waals surface area contributed by atoms with E-state index in [2.05, 4.69) is 5.32 Å². The number of carbonyl (C=O) groups is 2. The Labute approximate surface area is 185 Å². The second-order valence-electron chi connectivity index (χ2n) is 7.10. The van der Waals surface area contributed by atoms with E-state index < -0.39 is 0 Å². The van der Waals surface area contributed by atoms with Gasteiger partial charge in [0.25, 0.3) is 5.91 Å². The van der Waals surface area contributed by atoms with Gasteiger partial charge in [-0.3, -0.25) is 9.59 Å². The molecule has 2 amide bonds. The smallest absolute Gasteiger partial charge is 0.261 e. The van der Waals surface area contributed by atoms with E-state index in [9.17, 15) is 9.59 Å².